The molecule has 0 unspecified atom stereocenters. The van der Waals surface area contributed by atoms with Crippen molar-refractivity contribution in [3.63, 3.8) is 0 Å². The van der Waals surface area contributed by atoms with Crippen molar-refractivity contribution in [2.45, 2.75) is 0 Å². The lowest BCUT2D eigenvalue weighted by molar-refractivity contribution is 0.0696. The average Bonchev–Trinajstić information content (AvgIpc) is 3.18. The molecule has 0 atom stereocenters. The summed E-state index contributed by atoms with van der Waals surface area (Å²) in [6.45, 7) is 0. The maximum atomic E-state index is 12.4. The van der Waals surface area contributed by atoms with E-state index >= 15 is 0 Å². The Kier molecular flexibility index (Phi) is 4.48. The summed E-state index contributed by atoms with van der Waals surface area (Å²) in [6, 6.07) is 16.0. The van der Waals surface area contributed by atoms with Crippen LogP contribution in [0, 0.1) is 0 Å². The lowest BCUT2D eigenvalue weighted by Crippen LogP contribution is -2.21. The van der Waals surface area contributed by atoms with Gasteiger partial charge in [-0.2, -0.15) is 0 Å². The van der Waals surface area contributed by atoms with Crippen LogP contribution in [0.15, 0.2) is 67.0 Å². The van der Waals surface area contributed by atoms with Crippen molar-refractivity contribution >= 4 is 50.8 Å². The van der Waals surface area contributed by atoms with Gasteiger partial charge in [-0.25, -0.2) is 9.78 Å². The number of carboxylic acids is 1. The number of nitrogens with zero attached hydrogens (tertiary/aromatic N) is 4. The number of fused-ring (bicyclic) bond motifs is 5. The minimum absolute atomic E-state index is 0.0917. The van der Waals surface area contributed by atoms with E-state index in [0.29, 0.717) is 11.4 Å². The number of carbonyl (C=O) groups excluding carboxylic acids is 1. The number of carbonyl (C=O) groups is 2. The zero-order valence-electron chi connectivity index (χ0n) is 17.4. The zero-order chi connectivity index (χ0) is 22.4. The van der Waals surface area contributed by atoms with E-state index in [1.807, 2.05) is 28.7 Å². The van der Waals surface area contributed by atoms with Crippen LogP contribution in [0.3, 0.4) is 0 Å². The van der Waals surface area contributed by atoms with E-state index in [-0.39, 0.29) is 11.5 Å². The zero-order valence-corrected chi connectivity index (χ0v) is 17.4. The summed E-state index contributed by atoms with van der Waals surface area (Å²) >= 11 is 0. The fourth-order valence-electron chi connectivity index (χ4n) is 3.82. The summed E-state index contributed by atoms with van der Waals surface area (Å²) in [5, 5.41) is 13.5. The number of aromatic carboxylic acids is 1. The van der Waals surface area contributed by atoms with Crippen LogP contribution in [-0.2, 0) is 0 Å². The Bertz CT molecular complexity index is 1540. The molecule has 0 saturated carbocycles. The molecule has 32 heavy (non-hydrogen) atoms. The number of anilines is 2. The van der Waals surface area contributed by atoms with Crippen molar-refractivity contribution in [3.05, 3.63) is 78.1 Å². The van der Waals surface area contributed by atoms with Gasteiger partial charge in [0.25, 0.3) is 5.91 Å². The van der Waals surface area contributed by atoms with Gasteiger partial charge in [-0.1, -0.05) is 6.07 Å². The van der Waals surface area contributed by atoms with Crippen LogP contribution in [0.1, 0.15) is 20.7 Å². The first-order valence-corrected chi connectivity index (χ1v) is 9.93. The number of benzene rings is 2. The van der Waals surface area contributed by atoms with Gasteiger partial charge in [0, 0.05) is 36.9 Å². The first-order valence-electron chi connectivity index (χ1n) is 9.93. The van der Waals surface area contributed by atoms with Crippen molar-refractivity contribution in [2.24, 2.45) is 0 Å². The van der Waals surface area contributed by atoms with E-state index in [9.17, 15) is 14.7 Å². The minimum Gasteiger partial charge on any atom is -0.478 e. The molecular formula is C24H19N5O3. The van der Waals surface area contributed by atoms with Gasteiger partial charge in [0.1, 0.15) is 0 Å². The molecule has 0 aliphatic heterocycles. The van der Waals surface area contributed by atoms with Crippen molar-refractivity contribution in [2.75, 3.05) is 19.4 Å². The number of carboxylic acid groups (broad SMARTS) is 1. The van der Waals surface area contributed by atoms with Gasteiger partial charge < -0.3 is 19.7 Å². The minimum atomic E-state index is -0.979. The summed E-state index contributed by atoms with van der Waals surface area (Å²) in [4.78, 5) is 34.3. The summed E-state index contributed by atoms with van der Waals surface area (Å²) in [5.41, 5.74) is 4.66. The van der Waals surface area contributed by atoms with Gasteiger partial charge in [-0.05, 0) is 48.5 Å². The largest absolute Gasteiger partial charge is 0.478 e. The molecule has 3 heterocycles. The van der Waals surface area contributed by atoms with Crippen molar-refractivity contribution < 1.29 is 14.7 Å². The topological polar surface area (TPSA) is 99.8 Å². The third-order valence-corrected chi connectivity index (χ3v) is 5.32. The van der Waals surface area contributed by atoms with E-state index in [2.05, 4.69) is 10.3 Å². The molecule has 2 aromatic carbocycles. The van der Waals surface area contributed by atoms with Crippen LogP contribution in [0.2, 0.25) is 0 Å². The monoisotopic (exact) mass is 425 g/mol. The predicted octanol–water partition coefficient (Wildman–Crippen LogP) is 4.18. The molecule has 5 rings (SSSR count). The molecule has 0 fully saturated rings. The average molecular weight is 425 g/mol. The summed E-state index contributed by atoms with van der Waals surface area (Å²) < 4.78 is 2.01. The second-order valence-corrected chi connectivity index (χ2v) is 7.67. The van der Waals surface area contributed by atoms with E-state index in [0.717, 1.165) is 33.1 Å². The van der Waals surface area contributed by atoms with Gasteiger partial charge >= 0.3 is 5.97 Å². The Morgan fingerprint density at radius 3 is 2.59 bits per heavy atom. The summed E-state index contributed by atoms with van der Waals surface area (Å²) in [6.07, 6.45) is 3.41. The first kappa shape index (κ1) is 19.5. The van der Waals surface area contributed by atoms with E-state index in [1.165, 1.54) is 4.90 Å². The molecule has 0 aliphatic carbocycles. The number of aromatic nitrogens is 3. The molecule has 5 aromatic rings. The highest BCUT2D eigenvalue weighted by atomic mass is 16.4. The molecule has 1 amide bonds. The number of hydrogen-bond donors (Lipinski definition) is 2. The molecule has 0 bridgehead atoms. The fourth-order valence-corrected chi connectivity index (χ4v) is 3.82. The molecule has 0 aliphatic rings. The maximum Gasteiger partial charge on any atom is 0.335 e. The van der Waals surface area contributed by atoms with Crippen molar-refractivity contribution in [1.82, 2.24) is 19.3 Å². The highest BCUT2D eigenvalue weighted by Gasteiger charge is 2.15. The van der Waals surface area contributed by atoms with Crippen LogP contribution in [-0.4, -0.2) is 50.3 Å². The van der Waals surface area contributed by atoms with E-state index in [4.69, 9.17) is 4.98 Å². The molecule has 8 nitrogen and oxygen atoms in total. The number of nitrogens with one attached hydrogen (secondary N) is 1. The molecule has 0 saturated heterocycles. The van der Waals surface area contributed by atoms with Gasteiger partial charge in [-0.3, -0.25) is 9.78 Å². The molecule has 158 valence electrons. The van der Waals surface area contributed by atoms with Crippen LogP contribution in [0.25, 0.3) is 27.5 Å². The molecule has 8 heteroatoms. The van der Waals surface area contributed by atoms with Crippen LogP contribution in [0.5, 0.6) is 0 Å². The van der Waals surface area contributed by atoms with E-state index in [1.54, 1.807) is 56.8 Å². The molecule has 3 aromatic heterocycles. The number of hydrogen-bond acceptors (Lipinski definition) is 5. The highest BCUT2D eigenvalue weighted by Crippen LogP contribution is 2.31. The Hall–Kier alpha value is -4.46. The van der Waals surface area contributed by atoms with Gasteiger partial charge in [0.15, 0.2) is 5.82 Å². The molecule has 2 N–H and O–H groups in total. The van der Waals surface area contributed by atoms with Gasteiger partial charge in [-0.15, -0.1) is 0 Å². The highest BCUT2D eigenvalue weighted by molar-refractivity contribution is 6.01. The lowest BCUT2D eigenvalue weighted by Gasteiger charge is -2.13. The third-order valence-electron chi connectivity index (χ3n) is 5.32. The smallest absolute Gasteiger partial charge is 0.335 e. The summed E-state index contributed by atoms with van der Waals surface area (Å²) in [5.74, 6) is -0.482. The fraction of sp³-hybridized carbons (Fsp3) is 0.0833. The van der Waals surface area contributed by atoms with Gasteiger partial charge in [0.2, 0.25) is 0 Å². The third kappa shape index (κ3) is 3.18. The number of pyridine rings is 1. The van der Waals surface area contributed by atoms with Crippen LogP contribution in [0.4, 0.5) is 11.5 Å². The summed E-state index contributed by atoms with van der Waals surface area (Å²) in [7, 11) is 3.42. The Balaban J connectivity index is 1.72. The normalized spacial score (nSPS) is 11.2. The van der Waals surface area contributed by atoms with Gasteiger partial charge in [0.05, 0.1) is 33.8 Å². The van der Waals surface area contributed by atoms with Crippen LogP contribution >= 0.6 is 0 Å². The Labute approximate surface area is 182 Å². The van der Waals surface area contributed by atoms with E-state index < -0.39 is 5.97 Å². The quantitative estimate of drug-likeness (QED) is 0.448. The van der Waals surface area contributed by atoms with Crippen LogP contribution < -0.4 is 5.32 Å². The Morgan fingerprint density at radius 1 is 0.969 bits per heavy atom. The lowest BCUT2D eigenvalue weighted by atomic mass is 10.1. The molecular weight excluding hydrogens is 406 g/mol. The van der Waals surface area contributed by atoms with Crippen molar-refractivity contribution in [1.29, 1.82) is 0 Å². The molecule has 0 spiro atoms. The maximum absolute atomic E-state index is 12.4. The molecule has 0 radical (unpaired) electrons. The predicted molar refractivity (Wildman–Crippen MR) is 123 cm³/mol. The second-order valence-electron chi connectivity index (χ2n) is 7.67. The second kappa shape index (κ2) is 7.35. The standard InChI is InChI=1S/C24H19N5O3/c1-28(2)23(30)14-4-3-5-17(11-14)26-22-20-12-16-10-15(24(31)32)6-7-19(16)29(20)21-13-25-9-8-18(21)27-22/h3-13H,1-2H3,(H,26,27)(H,31,32). The SMILES string of the molecule is CN(C)C(=O)c1cccc(Nc2nc3ccncc3n3c2cc2cc(C(=O)O)ccc23)c1. The number of rotatable bonds is 4. The first-order chi connectivity index (χ1) is 15.4. The van der Waals surface area contributed by atoms with Crippen molar-refractivity contribution in [3.8, 4) is 0 Å². The number of amides is 1. The Morgan fingerprint density at radius 2 is 1.81 bits per heavy atom.